The molecule has 4 N–H and O–H groups in total. The number of benzene rings is 1. The maximum Gasteiger partial charge on any atom is 0.229 e. The molecule has 1 aliphatic rings. The lowest BCUT2D eigenvalue weighted by Crippen LogP contribution is -2.46. The molecule has 10 nitrogen and oxygen atoms in total. The lowest BCUT2D eigenvalue weighted by atomic mass is 9.88. The number of aromatic nitrogens is 3. The SMILES string of the molecule is CNc1ncc(Nc2ccnc(Nc3ccc(OC4CC(N(C)C)C4)c(OC)c3)n2)cc1C=N. The quantitative estimate of drug-likeness (QED) is 0.333. The molecule has 0 amide bonds. The first-order valence-corrected chi connectivity index (χ1v) is 11.1. The lowest BCUT2D eigenvalue weighted by molar-refractivity contribution is 0.0383. The molecule has 0 bridgehead atoms. The van der Waals surface area contributed by atoms with Gasteiger partial charge in [0.05, 0.1) is 19.0 Å². The minimum absolute atomic E-state index is 0.205. The van der Waals surface area contributed by atoms with Gasteiger partial charge in [0, 0.05) is 42.8 Å². The number of ether oxygens (including phenoxy) is 2. The maximum atomic E-state index is 7.56. The summed E-state index contributed by atoms with van der Waals surface area (Å²) in [5.74, 6) is 3.05. The Balaban J connectivity index is 1.43. The van der Waals surface area contributed by atoms with Crippen LogP contribution in [0.4, 0.5) is 29.0 Å². The first-order chi connectivity index (χ1) is 16.5. The number of anilines is 5. The van der Waals surface area contributed by atoms with Crippen molar-refractivity contribution < 1.29 is 9.47 Å². The number of nitrogens with one attached hydrogen (secondary N) is 4. The van der Waals surface area contributed by atoms with E-state index in [9.17, 15) is 0 Å². The topological polar surface area (TPSA) is 120 Å². The molecular formula is C24H30N8O2. The summed E-state index contributed by atoms with van der Waals surface area (Å²) >= 11 is 0. The van der Waals surface area contributed by atoms with Gasteiger partial charge in [-0.1, -0.05) is 0 Å². The molecular weight excluding hydrogens is 432 g/mol. The van der Waals surface area contributed by atoms with Gasteiger partial charge in [0.25, 0.3) is 0 Å². The number of hydrogen-bond acceptors (Lipinski definition) is 10. The summed E-state index contributed by atoms with van der Waals surface area (Å²) < 4.78 is 11.7. The molecule has 0 aliphatic heterocycles. The molecule has 178 valence electrons. The number of methoxy groups -OCH3 is 1. The van der Waals surface area contributed by atoms with E-state index in [1.54, 1.807) is 32.6 Å². The summed E-state index contributed by atoms with van der Waals surface area (Å²) in [6.45, 7) is 0. The monoisotopic (exact) mass is 462 g/mol. The van der Waals surface area contributed by atoms with Crippen molar-refractivity contribution in [3.05, 3.63) is 48.3 Å². The smallest absolute Gasteiger partial charge is 0.229 e. The normalized spacial score (nSPS) is 17.0. The van der Waals surface area contributed by atoms with Gasteiger partial charge in [-0.25, -0.2) is 9.97 Å². The van der Waals surface area contributed by atoms with Crippen molar-refractivity contribution in [3.63, 3.8) is 0 Å². The second kappa shape index (κ2) is 10.3. The Labute approximate surface area is 199 Å². The third kappa shape index (κ3) is 5.34. The van der Waals surface area contributed by atoms with Crippen LogP contribution in [0.2, 0.25) is 0 Å². The van der Waals surface area contributed by atoms with Crippen LogP contribution in [-0.2, 0) is 0 Å². The van der Waals surface area contributed by atoms with E-state index in [1.165, 1.54) is 6.21 Å². The summed E-state index contributed by atoms with van der Waals surface area (Å²) in [5, 5.41) is 16.9. The first kappa shape index (κ1) is 23.2. The highest BCUT2D eigenvalue weighted by atomic mass is 16.5. The molecule has 4 rings (SSSR count). The Morgan fingerprint density at radius 3 is 2.59 bits per heavy atom. The molecule has 1 aliphatic carbocycles. The van der Waals surface area contributed by atoms with Crippen LogP contribution in [0.3, 0.4) is 0 Å². The van der Waals surface area contributed by atoms with Crippen molar-refractivity contribution in [2.75, 3.05) is 44.2 Å². The molecule has 0 saturated heterocycles. The maximum absolute atomic E-state index is 7.56. The molecule has 1 aromatic carbocycles. The second-order valence-corrected chi connectivity index (χ2v) is 8.27. The predicted molar refractivity (Wildman–Crippen MR) is 134 cm³/mol. The third-order valence-corrected chi connectivity index (χ3v) is 5.75. The van der Waals surface area contributed by atoms with Crippen LogP contribution < -0.4 is 25.4 Å². The molecule has 1 saturated carbocycles. The fraction of sp³-hybridized carbons (Fsp3) is 0.333. The zero-order valence-electron chi connectivity index (χ0n) is 19.8. The molecule has 3 aromatic rings. The van der Waals surface area contributed by atoms with Crippen molar-refractivity contribution in [1.29, 1.82) is 5.41 Å². The van der Waals surface area contributed by atoms with Gasteiger partial charge in [0.15, 0.2) is 11.5 Å². The molecule has 2 aromatic heterocycles. The Bertz CT molecular complexity index is 1150. The number of hydrogen-bond donors (Lipinski definition) is 4. The second-order valence-electron chi connectivity index (χ2n) is 8.27. The standard InChI is InChI=1S/C24H30N8O2/c1-26-23-15(13-25)9-17(14-28-23)29-22-7-8-27-24(31-22)30-16-5-6-20(21(10-16)33-4)34-19-11-18(12-19)32(2)3/h5-10,13-14,18-19,25H,11-12H2,1-4H3,(H,26,28)(H2,27,29,30,31). The van der Waals surface area contributed by atoms with Crippen LogP contribution in [0.1, 0.15) is 18.4 Å². The summed E-state index contributed by atoms with van der Waals surface area (Å²) in [4.78, 5) is 15.4. The van der Waals surface area contributed by atoms with E-state index in [0.717, 1.165) is 30.0 Å². The summed E-state index contributed by atoms with van der Waals surface area (Å²) in [6, 6.07) is 9.85. The van der Waals surface area contributed by atoms with Gasteiger partial charge in [-0.15, -0.1) is 0 Å². The fourth-order valence-electron chi connectivity index (χ4n) is 3.71. The lowest BCUT2D eigenvalue weighted by Gasteiger charge is -2.39. The highest BCUT2D eigenvalue weighted by Gasteiger charge is 2.32. The van der Waals surface area contributed by atoms with Crippen LogP contribution in [0, 0.1) is 5.41 Å². The van der Waals surface area contributed by atoms with Crippen molar-refractivity contribution in [2.24, 2.45) is 0 Å². The average molecular weight is 463 g/mol. The zero-order valence-corrected chi connectivity index (χ0v) is 19.8. The highest BCUT2D eigenvalue weighted by Crippen LogP contribution is 2.36. The van der Waals surface area contributed by atoms with Gasteiger partial charge < -0.3 is 35.7 Å². The molecule has 0 atom stereocenters. The van der Waals surface area contributed by atoms with E-state index >= 15 is 0 Å². The summed E-state index contributed by atoms with van der Waals surface area (Å²) in [7, 11) is 7.59. The van der Waals surface area contributed by atoms with Crippen molar-refractivity contribution in [2.45, 2.75) is 25.0 Å². The van der Waals surface area contributed by atoms with E-state index in [2.05, 4.69) is 49.9 Å². The Morgan fingerprint density at radius 1 is 1.06 bits per heavy atom. The van der Waals surface area contributed by atoms with Gasteiger partial charge in [0.2, 0.25) is 5.95 Å². The van der Waals surface area contributed by atoms with Crippen LogP contribution in [0.15, 0.2) is 42.7 Å². The highest BCUT2D eigenvalue weighted by molar-refractivity contribution is 5.86. The van der Waals surface area contributed by atoms with E-state index in [1.807, 2.05) is 24.3 Å². The summed E-state index contributed by atoms with van der Waals surface area (Å²) in [5.41, 5.74) is 2.18. The van der Waals surface area contributed by atoms with Gasteiger partial charge in [0.1, 0.15) is 17.7 Å². The number of rotatable bonds is 10. The van der Waals surface area contributed by atoms with Crippen molar-refractivity contribution in [3.8, 4) is 11.5 Å². The average Bonchev–Trinajstić information content (AvgIpc) is 2.81. The Hall–Kier alpha value is -3.92. The van der Waals surface area contributed by atoms with E-state index in [-0.39, 0.29) is 6.10 Å². The molecule has 34 heavy (non-hydrogen) atoms. The minimum atomic E-state index is 0.205. The molecule has 0 unspecified atom stereocenters. The van der Waals surface area contributed by atoms with Crippen LogP contribution in [-0.4, -0.2) is 66.5 Å². The van der Waals surface area contributed by atoms with Gasteiger partial charge in [-0.05, 0) is 51.2 Å². The van der Waals surface area contributed by atoms with E-state index in [0.29, 0.717) is 34.9 Å². The summed E-state index contributed by atoms with van der Waals surface area (Å²) in [6.07, 6.45) is 6.83. The molecule has 2 heterocycles. The van der Waals surface area contributed by atoms with E-state index in [4.69, 9.17) is 14.9 Å². The van der Waals surface area contributed by atoms with Gasteiger partial charge >= 0.3 is 0 Å². The molecule has 1 fully saturated rings. The Kier molecular flexibility index (Phi) is 7.07. The third-order valence-electron chi connectivity index (χ3n) is 5.75. The van der Waals surface area contributed by atoms with Crippen molar-refractivity contribution in [1.82, 2.24) is 19.9 Å². The minimum Gasteiger partial charge on any atom is -0.493 e. The first-order valence-electron chi connectivity index (χ1n) is 11.1. The van der Waals surface area contributed by atoms with Crippen LogP contribution in [0.25, 0.3) is 0 Å². The molecule has 0 spiro atoms. The van der Waals surface area contributed by atoms with Gasteiger partial charge in [-0.2, -0.15) is 4.98 Å². The number of pyridine rings is 1. The Morgan fingerprint density at radius 2 is 1.88 bits per heavy atom. The zero-order chi connectivity index (χ0) is 24.1. The van der Waals surface area contributed by atoms with Crippen LogP contribution in [0.5, 0.6) is 11.5 Å². The molecule has 0 radical (unpaired) electrons. The predicted octanol–water partition coefficient (Wildman–Crippen LogP) is 3.88. The molecule has 10 heteroatoms. The van der Waals surface area contributed by atoms with Crippen LogP contribution >= 0.6 is 0 Å². The number of nitrogens with zero attached hydrogens (tertiary/aromatic N) is 4. The van der Waals surface area contributed by atoms with Gasteiger partial charge in [-0.3, -0.25) is 0 Å². The van der Waals surface area contributed by atoms with E-state index < -0.39 is 0 Å². The van der Waals surface area contributed by atoms with Crippen molar-refractivity contribution >= 4 is 35.2 Å². The largest absolute Gasteiger partial charge is 0.493 e. The fourth-order valence-corrected chi connectivity index (χ4v) is 3.71.